The summed E-state index contributed by atoms with van der Waals surface area (Å²) < 4.78 is 0. The number of amides is 2. The number of rotatable bonds is 5. The topological polar surface area (TPSA) is 49.4 Å². The number of aryl methyl sites for hydroxylation is 2. The Morgan fingerprint density at radius 1 is 1.13 bits per heavy atom. The van der Waals surface area contributed by atoms with Crippen LogP contribution in [0.4, 0.5) is 5.69 Å². The number of benzene rings is 2. The second-order valence-electron chi connectivity index (χ2n) is 8.99. The zero-order valence-electron chi connectivity index (χ0n) is 18.7. The first-order chi connectivity index (χ1) is 14.9. The van der Waals surface area contributed by atoms with Crippen molar-refractivity contribution in [3.05, 3.63) is 59.2 Å². The van der Waals surface area contributed by atoms with E-state index in [4.69, 9.17) is 0 Å². The van der Waals surface area contributed by atoms with Gasteiger partial charge >= 0.3 is 0 Å². The highest BCUT2D eigenvalue weighted by Gasteiger charge is 2.40. The van der Waals surface area contributed by atoms with Crippen LogP contribution in [-0.4, -0.2) is 23.1 Å². The molecule has 2 amide bonds. The van der Waals surface area contributed by atoms with Crippen molar-refractivity contribution in [2.24, 2.45) is 5.92 Å². The summed E-state index contributed by atoms with van der Waals surface area (Å²) in [5, 5.41) is 2.81. The first kappa shape index (κ1) is 21.9. The SMILES string of the molecule is Cc1ccc(C)c(CN2C(=O)[C@H]([C@H](C)C(=O)NC3CCCCC3)Sc3ccccc32)c1. The number of thioether (sulfide) groups is 1. The van der Waals surface area contributed by atoms with E-state index in [-0.39, 0.29) is 23.8 Å². The monoisotopic (exact) mass is 436 g/mol. The average molecular weight is 437 g/mol. The molecule has 2 atom stereocenters. The maximum Gasteiger partial charge on any atom is 0.241 e. The molecular weight excluding hydrogens is 404 g/mol. The van der Waals surface area contributed by atoms with Gasteiger partial charge in [-0.25, -0.2) is 0 Å². The molecule has 1 N–H and O–H groups in total. The summed E-state index contributed by atoms with van der Waals surface area (Å²) in [7, 11) is 0. The van der Waals surface area contributed by atoms with Crippen molar-refractivity contribution in [2.75, 3.05) is 4.90 Å². The molecule has 0 aromatic heterocycles. The third-order valence-corrected chi connectivity index (χ3v) is 8.03. The van der Waals surface area contributed by atoms with Crippen molar-refractivity contribution < 1.29 is 9.59 Å². The fraction of sp³-hybridized carbons (Fsp3) is 0.462. The van der Waals surface area contributed by atoms with Gasteiger partial charge in [-0.05, 0) is 49.9 Å². The molecule has 1 aliphatic carbocycles. The number of carbonyl (C=O) groups is 2. The third kappa shape index (κ3) is 4.82. The highest BCUT2D eigenvalue weighted by molar-refractivity contribution is 8.01. The lowest BCUT2D eigenvalue weighted by atomic mass is 9.94. The molecule has 4 nitrogen and oxygen atoms in total. The van der Waals surface area contributed by atoms with Gasteiger partial charge < -0.3 is 10.2 Å². The summed E-state index contributed by atoms with van der Waals surface area (Å²) in [6.07, 6.45) is 5.70. The van der Waals surface area contributed by atoms with E-state index >= 15 is 0 Å². The Bertz CT molecular complexity index is 968. The summed E-state index contributed by atoms with van der Waals surface area (Å²) in [6.45, 7) is 6.59. The minimum atomic E-state index is -0.413. The number of carbonyl (C=O) groups excluding carboxylic acids is 2. The zero-order valence-corrected chi connectivity index (χ0v) is 19.5. The van der Waals surface area contributed by atoms with Gasteiger partial charge in [-0.15, -0.1) is 11.8 Å². The Kier molecular flexibility index (Phi) is 6.71. The largest absolute Gasteiger partial charge is 0.353 e. The van der Waals surface area contributed by atoms with E-state index in [2.05, 4.69) is 43.4 Å². The molecule has 2 aromatic carbocycles. The molecule has 1 heterocycles. The smallest absolute Gasteiger partial charge is 0.241 e. The highest BCUT2D eigenvalue weighted by atomic mass is 32.2. The zero-order chi connectivity index (χ0) is 22.0. The maximum absolute atomic E-state index is 13.7. The Morgan fingerprint density at radius 2 is 1.87 bits per heavy atom. The van der Waals surface area contributed by atoms with Crippen LogP contribution in [0.2, 0.25) is 0 Å². The lowest BCUT2D eigenvalue weighted by Gasteiger charge is -2.36. The van der Waals surface area contributed by atoms with E-state index in [1.54, 1.807) is 0 Å². The van der Waals surface area contributed by atoms with E-state index in [9.17, 15) is 9.59 Å². The summed E-state index contributed by atoms with van der Waals surface area (Å²) in [6, 6.07) is 14.7. The number of nitrogens with one attached hydrogen (secondary N) is 1. The lowest BCUT2D eigenvalue weighted by Crippen LogP contribution is -2.49. The Morgan fingerprint density at radius 3 is 2.65 bits per heavy atom. The molecule has 0 radical (unpaired) electrons. The molecule has 1 aliphatic heterocycles. The van der Waals surface area contributed by atoms with Crippen LogP contribution < -0.4 is 10.2 Å². The van der Waals surface area contributed by atoms with Crippen molar-refractivity contribution in [2.45, 2.75) is 75.6 Å². The minimum absolute atomic E-state index is 0.00353. The van der Waals surface area contributed by atoms with Gasteiger partial charge in [0.25, 0.3) is 0 Å². The van der Waals surface area contributed by atoms with Crippen molar-refractivity contribution in [3.63, 3.8) is 0 Å². The number of hydrogen-bond donors (Lipinski definition) is 1. The molecule has 2 aromatic rings. The quantitative estimate of drug-likeness (QED) is 0.683. The number of para-hydroxylation sites is 1. The van der Waals surface area contributed by atoms with Crippen molar-refractivity contribution in [1.82, 2.24) is 5.32 Å². The maximum atomic E-state index is 13.7. The number of anilines is 1. The van der Waals surface area contributed by atoms with Gasteiger partial charge in [0.05, 0.1) is 18.2 Å². The van der Waals surface area contributed by atoms with Crippen LogP contribution >= 0.6 is 11.8 Å². The highest BCUT2D eigenvalue weighted by Crippen LogP contribution is 2.42. The van der Waals surface area contributed by atoms with Gasteiger partial charge in [0.1, 0.15) is 5.25 Å². The summed E-state index contributed by atoms with van der Waals surface area (Å²) >= 11 is 1.53. The first-order valence-electron chi connectivity index (χ1n) is 11.4. The van der Waals surface area contributed by atoms with Gasteiger partial charge in [-0.2, -0.15) is 0 Å². The van der Waals surface area contributed by atoms with E-state index in [0.29, 0.717) is 6.54 Å². The van der Waals surface area contributed by atoms with Crippen LogP contribution in [0.15, 0.2) is 47.4 Å². The van der Waals surface area contributed by atoms with E-state index < -0.39 is 5.25 Å². The van der Waals surface area contributed by atoms with Crippen LogP contribution in [0, 0.1) is 19.8 Å². The molecule has 4 rings (SSSR count). The van der Waals surface area contributed by atoms with Crippen molar-refractivity contribution in [3.8, 4) is 0 Å². The normalized spacial score (nSPS) is 20.3. The Hall–Kier alpha value is -2.27. The van der Waals surface area contributed by atoms with Crippen molar-refractivity contribution in [1.29, 1.82) is 0 Å². The molecule has 0 spiro atoms. The summed E-state index contributed by atoms with van der Waals surface area (Å²) in [4.78, 5) is 29.6. The van der Waals surface area contributed by atoms with Crippen LogP contribution in [0.25, 0.3) is 0 Å². The Labute approximate surface area is 189 Å². The molecule has 0 saturated heterocycles. The van der Waals surface area contributed by atoms with Crippen LogP contribution in [0.3, 0.4) is 0 Å². The molecule has 0 unspecified atom stereocenters. The molecule has 2 aliphatic rings. The average Bonchev–Trinajstić information content (AvgIpc) is 2.78. The van der Waals surface area contributed by atoms with Gasteiger partial charge in [0, 0.05) is 10.9 Å². The second-order valence-corrected chi connectivity index (χ2v) is 10.2. The molecule has 5 heteroatoms. The summed E-state index contributed by atoms with van der Waals surface area (Å²) in [5.74, 6) is -0.353. The number of hydrogen-bond acceptors (Lipinski definition) is 3. The fourth-order valence-corrected chi connectivity index (χ4v) is 5.86. The van der Waals surface area contributed by atoms with Gasteiger partial charge in [-0.3, -0.25) is 9.59 Å². The van der Waals surface area contributed by atoms with E-state index in [1.165, 1.54) is 42.2 Å². The predicted octanol–water partition coefficient (Wildman–Crippen LogP) is 5.40. The van der Waals surface area contributed by atoms with Crippen LogP contribution in [0.1, 0.15) is 55.7 Å². The third-order valence-electron chi connectivity index (χ3n) is 6.57. The summed E-state index contributed by atoms with van der Waals surface area (Å²) in [5.41, 5.74) is 4.45. The molecule has 0 bridgehead atoms. The van der Waals surface area contributed by atoms with Gasteiger partial charge in [0.2, 0.25) is 11.8 Å². The van der Waals surface area contributed by atoms with Crippen molar-refractivity contribution >= 4 is 29.3 Å². The molecule has 164 valence electrons. The lowest BCUT2D eigenvalue weighted by molar-refractivity contribution is -0.129. The molecule has 31 heavy (non-hydrogen) atoms. The van der Waals surface area contributed by atoms with E-state index in [1.807, 2.05) is 30.0 Å². The van der Waals surface area contributed by atoms with Gasteiger partial charge in [0.15, 0.2) is 0 Å². The second kappa shape index (κ2) is 9.47. The molecule has 1 fully saturated rings. The number of nitrogens with zero attached hydrogens (tertiary/aromatic N) is 1. The first-order valence-corrected chi connectivity index (χ1v) is 12.3. The predicted molar refractivity (Wildman–Crippen MR) is 127 cm³/mol. The van der Waals surface area contributed by atoms with Crippen LogP contribution in [-0.2, 0) is 16.1 Å². The van der Waals surface area contributed by atoms with E-state index in [0.717, 1.165) is 29.0 Å². The standard InChI is InChI=1S/C26H32N2O2S/c1-17-13-14-18(2)20(15-17)16-28-22-11-7-8-12-23(22)31-24(26(28)30)19(3)25(29)27-21-9-5-4-6-10-21/h7-8,11-15,19,21,24H,4-6,9-10,16H2,1-3H3,(H,27,29)/t19-,24-/m0/s1. The number of fused-ring (bicyclic) bond motifs is 1. The minimum Gasteiger partial charge on any atom is -0.353 e. The molecular formula is C26H32N2O2S. The van der Waals surface area contributed by atoms with Crippen LogP contribution in [0.5, 0.6) is 0 Å². The van der Waals surface area contributed by atoms with Gasteiger partial charge in [-0.1, -0.05) is 62.1 Å². The molecule has 1 saturated carbocycles. The fourth-order valence-electron chi connectivity index (χ4n) is 4.58. The Balaban J connectivity index is 1.58.